The molecule has 0 radical (unpaired) electrons. The van der Waals surface area contributed by atoms with Crippen molar-refractivity contribution < 1.29 is 42.0 Å². The Kier molecular flexibility index (Phi) is 10.5. The predicted octanol–water partition coefficient (Wildman–Crippen LogP) is 6.34. The molecule has 1 N–H and O–H groups in total. The first kappa shape index (κ1) is 31.4. The largest absolute Gasteiger partial charge is 0.619 e. The van der Waals surface area contributed by atoms with E-state index in [-0.39, 0.29) is 50.8 Å². The van der Waals surface area contributed by atoms with E-state index in [0.29, 0.717) is 28.4 Å². The highest BCUT2D eigenvalue weighted by Gasteiger charge is 2.27. The van der Waals surface area contributed by atoms with Crippen molar-refractivity contribution in [1.29, 1.82) is 0 Å². The number of rotatable bonds is 13. The molecule has 1 aliphatic rings. The number of amides is 1. The fourth-order valence-corrected chi connectivity index (χ4v) is 4.64. The number of hydrogen-bond donors (Lipinski definition) is 1. The summed E-state index contributed by atoms with van der Waals surface area (Å²) in [5.74, 6) is -1.20. The fraction of sp³-hybridized carbons (Fsp3) is 0.321. The molecule has 14 heteroatoms. The van der Waals surface area contributed by atoms with E-state index in [0.717, 1.165) is 25.2 Å². The maximum absolute atomic E-state index is 13.4. The van der Waals surface area contributed by atoms with Gasteiger partial charge in [0.15, 0.2) is 23.9 Å². The van der Waals surface area contributed by atoms with Gasteiger partial charge < -0.3 is 29.5 Å². The second-order valence-electron chi connectivity index (χ2n) is 9.33. The number of benzene rings is 2. The van der Waals surface area contributed by atoms with Crippen LogP contribution in [0, 0.1) is 11.1 Å². The van der Waals surface area contributed by atoms with Crippen LogP contribution in [0.1, 0.15) is 40.4 Å². The van der Waals surface area contributed by atoms with Gasteiger partial charge in [-0.3, -0.25) is 4.79 Å². The van der Waals surface area contributed by atoms with Crippen LogP contribution in [0.3, 0.4) is 0 Å². The molecule has 0 bridgehead atoms. The number of alkyl halides is 3. The minimum Gasteiger partial charge on any atom is -0.619 e. The van der Waals surface area contributed by atoms with Crippen LogP contribution in [-0.2, 0) is 16.0 Å². The number of nitrogens with zero attached hydrogens (tertiary/aromatic N) is 1. The zero-order valence-electron chi connectivity index (χ0n) is 22.1. The van der Waals surface area contributed by atoms with Crippen molar-refractivity contribution in [3.05, 3.63) is 80.7 Å². The van der Waals surface area contributed by atoms with Crippen molar-refractivity contribution >= 4 is 52.4 Å². The molecule has 1 aliphatic carbocycles. The first-order valence-corrected chi connectivity index (χ1v) is 13.9. The van der Waals surface area contributed by atoms with Gasteiger partial charge in [0.05, 0.1) is 25.0 Å². The van der Waals surface area contributed by atoms with Gasteiger partial charge in [-0.25, -0.2) is 4.79 Å². The molecular formula is C28H25Cl3F2N2O7. The molecule has 0 unspecified atom stereocenters. The summed E-state index contributed by atoms with van der Waals surface area (Å²) >= 11 is 18.2. The third kappa shape index (κ3) is 8.27. The number of anilines is 1. The third-order valence-electron chi connectivity index (χ3n) is 6.25. The molecule has 0 aliphatic heterocycles. The number of hydrogen-bond acceptors (Lipinski definition) is 7. The second-order valence-corrected chi connectivity index (χ2v) is 10.4. The summed E-state index contributed by atoms with van der Waals surface area (Å²) in [6.45, 7) is -2.78. The van der Waals surface area contributed by atoms with Crippen LogP contribution in [0.15, 0.2) is 48.8 Å². The van der Waals surface area contributed by atoms with Crippen molar-refractivity contribution in [3.63, 3.8) is 0 Å². The molecule has 0 saturated heterocycles. The maximum atomic E-state index is 13.4. The number of carbonyl (C=O) groups excluding carboxylic acids is 2. The van der Waals surface area contributed by atoms with E-state index in [9.17, 15) is 23.6 Å². The van der Waals surface area contributed by atoms with Gasteiger partial charge in [0.1, 0.15) is 27.8 Å². The Morgan fingerprint density at radius 2 is 1.76 bits per heavy atom. The van der Waals surface area contributed by atoms with Crippen LogP contribution in [-0.4, -0.2) is 38.1 Å². The molecular weight excluding hydrogens is 621 g/mol. The normalized spacial score (nSPS) is 13.4. The fourth-order valence-electron chi connectivity index (χ4n) is 3.98. The van der Waals surface area contributed by atoms with Gasteiger partial charge >= 0.3 is 12.6 Å². The van der Waals surface area contributed by atoms with Crippen LogP contribution >= 0.6 is 34.8 Å². The molecule has 224 valence electrons. The lowest BCUT2D eigenvalue weighted by atomic mass is 10.0. The van der Waals surface area contributed by atoms with E-state index in [1.807, 2.05) is 0 Å². The summed E-state index contributed by atoms with van der Waals surface area (Å²) in [4.78, 5) is 25.3. The molecule has 1 heterocycles. The Bertz CT molecular complexity index is 1430. The minimum atomic E-state index is -3.09. The topological polar surface area (TPSA) is 110 Å². The smallest absolute Gasteiger partial charge is 0.387 e. The zero-order chi connectivity index (χ0) is 30.4. The molecule has 9 nitrogen and oxygen atoms in total. The Hall–Kier alpha value is -3.54. The lowest BCUT2D eigenvalue weighted by molar-refractivity contribution is -0.605. The van der Waals surface area contributed by atoms with Gasteiger partial charge in [0.2, 0.25) is 5.91 Å². The van der Waals surface area contributed by atoms with Crippen molar-refractivity contribution in [2.45, 2.75) is 32.0 Å². The quantitative estimate of drug-likeness (QED) is 0.0999. The van der Waals surface area contributed by atoms with Gasteiger partial charge in [-0.15, -0.1) is 11.6 Å². The van der Waals surface area contributed by atoms with Gasteiger partial charge in [-0.05, 0) is 54.7 Å². The Morgan fingerprint density at radius 1 is 1.07 bits per heavy atom. The van der Waals surface area contributed by atoms with Crippen molar-refractivity contribution in [2.75, 3.05) is 24.9 Å². The number of aromatic nitrogens is 1. The van der Waals surface area contributed by atoms with Crippen LogP contribution in [0.25, 0.3) is 0 Å². The Morgan fingerprint density at radius 3 is 2.38 bits per heavy atom. The molecule has 4 rings (SSSR count). The van der Waals surface area contributed by atoms with Gasteiger partial charge in [-0.1, -0.05) is 29.3 Å². The second kappa shape index (κ2) is 14.1. The first-order chi connectivity index (χ1) is 20.1. The molecule has 42 heavy (non-hydrogen) atoms. The third-order valence-corrected chi connectivity index (χ3v) is 7.15. The summed E-state index contributed by atoms with van der Waals surface area (Å²) < 4.78 is 48.1. The van der Waals surface area contributed by atoms with E-state index >= 15 is 0 Å². The van der Waals surface area contributed by atoms with E-state index in [4.69, 9.17) is 49.0 Å². The van der Waals surface area contributed by atoms with E-state index < -0.39 is 24.6 Å². The molecule has 0 spiro atoms. The average Bonchev–Trinajstić information content (AvgIpc) is 3.78. The number of carbonyl (C=O) groups is 2. The Balaban J connectivity index is 1.70. The monoisotopic (exact) mass is 644 g/mol. The van der Waals surface area contributed by atoms with E-state index in [1.165, 1.54) is 43.5 Å². The standard InChI is InChI=1S/C28H25Cl3F2N2O7/c1-39-22-6-5-17(8-21(22)34-26(36)11-29)27(37)41-24(10-18-19(30)12-35(38)13-20(18)31)16-4-7-23(42-28(32)33)25(9-16)40-14-15-2-3-15/h4-9,12-13,15,24,28H,2-3,10-11,14H2,1H3,(H,34,36)/t24-/m0/s1. The lowest BCUT2D eigenvalue weighted by Gasteiger charge is -2.22. The Labute approximate surface area is 254 Å². The summed E-state index contributed by atoms with van der Waals surface area (Å²) in [5.41, 5.74) is 0.899. The molecule has 1 atom stereocenters. The van der Waals surface area contributed by atoms with Crippen LogP contribution in [0.4, 0.5) is 14.5 Å². The summed E-state index contributed by atoms with van der Waals surface area (Å²) in [6, 6.07) is 8.43. The molecule has 1 fully saturated rings. The number of esters is 1. The van der Waals surface area contributed by atoms with E-state index in [2.05, 4.69) is 10.1 Å². The number of ether oxygens (including phenoxy) is 4. The number of nitrogens with one attached hydrogen (secondary N) is 1. The van der Waals surface area contributed by atoms with Crippen LogP contribution in [0.5, 0.6) is 17.2 Å². The van der Waals surface area contributed by atoms with Crippen molar-refractivity contribution in [3.8, 4) is 17.2 Å². The molecule has 1 amide bonds. The summed E-state index contributed by atoms with van der Waals surface area (Å²) in [5, 5.41) is 14.4. The highest BCUT2D eigenvalue weighted by Crippen LogP contribution is 2.38. The predicted molar refractivity (Wildman–Crippen MR) is 151 cm³/mol. The molecule has 1 saturated carbocycles. The van der Waals surface area contributed by atoms with Crippen molar-refractivity contribution in [1.82, 2.24) is 0 Å². The highest BCUT2D eigenvalue weighted by atomic mass is 35.5. The first-order valence-electron chi connectivity index (χ1n) is 12.6. The molecule has 2 aromatic carbocycles. The lowest BCUT2D eigenvalue weighted by Crippen LogP contribution is -2.25. The minimum absolute atomic E-state index is 0.0249. The maximum Gasteiger partial charge on any atom is 0.387 e. The zero-order valence-corrected chi connectivity index (χ0v) is 24.3. The number of halogens is 5. The van der Waals surface area contributed by atoms with Crippen LogP contribution in [0.2, 0.25) is 10.0 Å². The van der Waals surface area contributed by atoms with E-state index in [1.54, 1.807) is 0 Å². The van der Waals surface area contributed by atoms with Gasteiger partial charge in [0, 0.05) is 12.0 Å². The summed E-state index contributed by atoms with van der Waals surface area (Å²) in [7, 11) is 1.39. The molecule has 1 aromatic heterocycles. The van der Waals surface area contributed by atoms with Gasteiger partial charge in [0.25, 0.3) is 0 Å². The SMILES string of the molecule is COc1ccc(C(=O)O[C@@H](Cc2c(Cl)c[n+]([O-])cc2Cl)c2ccc(OC(F)F)c(OCC3CC3)c2)cc1NC(=O)CCl. The summed E-state index contributed by atoms with van der Waals surface area (Å²) in [6.07, 6.45) is 2.95. The number of methoxy groups -OCH3 is 1. The average molecular weight is 646 g/mol. The van der Waals surface area contributed by atoms with Crippen molar-refractivity contribution in [2.24, 2.45) is 5.92 Å². The van der Waals surface area contributed by atoms with Gasteiger partial charge in [-0.2, -0.15) is 13.5 Å². The van der Waals surface area contributed by atoms with Crippen LogP contribution < -0.4 is 24.3 Å². The molecule has 3 aromatic rings. The number of pyridine rings is 1. The highest BCUT2D eigenvalue weighted by molar-refractivity contribution is 6.35.